The maximum atomic E-state index is 11.6. The lowest BCUT2D eigenvalue weighted by atomic mass is 10.0. The van der Waals surface area contributed by atoms with E-state index in [-0.39, 0.29) is 6.04 Å². The highest BCUT2D eigenvalue weighted by molar-refractivity contribution is 5.93. The fourth-order valence-corrected chi connectivity index (χ4v) is 6.15. The number of aliphatic hydroxyl groups excluding tert-OH is 1. The van der Waals surface area contributed by atoms with Crippen molar-refractivity contribution in [1.29, 1.82) is 0 Å². The van der Waals surface area contributed by atoms with E-state index >= 15 is 0 Å². The Balaban J connectivity index is 1.36. The summed E-state index contributed by atoms with van der Waals surface area (Å²) in [6.07, 6.45) is 1.78. The Morgan fingerprint density at radius 2 is 1.90 bits per heavy atom. The number of morpholine rings is 1. The Hall–Kier alpha value is -4.12. The van der Waals surface area contributed by atoms with Crippen LogP contribution in [0.3, 0.4) is 0 Å². The third-order valence-corrected chi connectivity index (χ3v) is 8.35. The average Bonchev–Trinajstić information content (AvgIpc) is 3.56. The second kappa shape index (κ2) is 10.4. The summed E-state index contributed by atoms with van der Waals surface area (Å²) >= 11 is 0. The van der Waals surface area contributed by atoms with E-state index in [1.807, 2.05) is 67.0 Å². The molecule has 3 aromatic heterocycles. The molecule has 0 spiro atoms. The van der Waals surface area contributed by atoms with Gasteiger partial charge >= 0.3 is 0 Å². The van der Waals surface area contributed by atoms with Crippen LogP contribution < -0.4 is 4.90 Å². The Morgan fingerprint density at radius 1 is 1.05 bits per heavy atom. The SMILES string of the molecule is Cc1noc(C)c1-c1ccc2nc(C(O)N3CCc4cnn(C)c4C3)nc(N3CCOC[C@@H]3c3ccccc3)c2c1. The molecule has 1 unspecified atom stereocenters. The highest BCUT2D eigenvalue weighted by Crippen LogP contribution is 2.37. The largest absolute Gasteiger partial charge is 0.377 e. The first-order valence-electron chi connectivity index (χ1n) is 14.0. The molecule has 0 radical (unpaired) electrons. The standard InChI is InChI=1S/C31H33N7O3/c1-19-28(20(2)41-35-19)22-9-10-25-24(15-22)30(38-13-14-40-18-27(38)21-7-5-4-6-8-21)34-29(33-25)31(39)37-12-11-23-16-32-36(3)26(23)17-37/h4-10,15-16,27,31,39H,11-14,17-18H2,1-3H3/t27-,31?/m1/s1. The molecule has 0 saturated carbocycles. The first-order valence-corrected chi connectivity index (χ1v) is 14.0. The van der Waals surface area contributed by atoms with Gasteiger partial charge in [-0.05, 0) is 49.1 Å². The molecule has 10 nitrogen and oxygen atoms in total. The van der Waals surface area contributed by atoms with E-state index in [1.54, 1.807) is 0 Å². The van der Waals surface area contributed by atoms with E-state index in [9.17, 15) is 5.11 Å². The quantitative estimate of drug-likeness (QED) is 0.343. The van der Waals surface area contributed by atoms with Gasteiger partial charge in [-0.15, -0.1) is 0 Å². The Kier molecular flexibility index (Phi) is 6.53. The summed E-state index contributed by atoms with van der Waals surface area (Å²) in [5.74, 6) is 1.94. The van der Waals surface area contributed by atoms with Gasteiger partial charge in [0.15, 0.2) is 12.1 Å². The Bertz CT molecular complexity index is 1690. The minimum absolute atomic E-state index is 0.0252. The summed E-state index contributed by atoms with van der Waals surface area (Å²) in [4.78, 5) is 14.3. The lowest BCUT2D eigenvalue weighted by Gasteiger charge is -2.38. The van der Waals surface area contributed by atoms with Gasteiger partial charge in [-0.25, -0.2) is 9.97 Å². The fraction of sp³-hybridized carbons (Fsp3) is 0.355. The van der Waals surface area contributed by atoms with Crippen LogP contribution in [0.4, 0.5) is 5.82 Å². The van der Waals surface area contributed by atoms with Crippen LogP contribution in [0.5, 0.6) is 0 Å². The molecule has 41 heavy (non-hydrogen) atoms. The Morgan fingerprint density at radius 3 is 2.71 bits per heavy atom. The van der Waals surface area contributed by atoms with Crippen LogP contribution in [0.2, 0.25) is 0 Å². The summed E-state index contributed by atoms with van der Waals surface area (Å²) in [7, 11) is 1.94. The molecule has 0 bridgehead atoms. The predicted octanol–water partition coefficient (Wildman–Crippen LogP) is 4.26. The van der Waals surface area contributed by atoms with Crippen molar-refractivity contribution in [3.63, 3.8) is 0 Å². The van der Waals surface area contributed by atoms with Gasteiger partial charge in [0.25, 0.3) is 0 Å². The number of aromatic nitrogens is 5. The molecule has 2 aromatic carbocycles. The normalized spacial score (nSPS) is 18.5. The summed E-state index contributed by atoms with van der Waals surface area (Å²) in [6.45, 7) is 6.96. The molecule has 210 valence electrons. The summed E-state index contributed by atoms with van der Waals surface area (Å²) in [5, 5.41) is 21.1. The highest BCUT2D eigenvalue weighted by Gasteiger charge is 2.31. The van der Waals surface area contributed by atoms with Crippen LogP contribution in [0.25, 0.3) is 22.0 Å². The van der Waals surface area contributed by atoms with Crippen molar-refractivity contribution >= 4 is 16.7 Å². The highest BCUT2D eigenvalue weighted by atomic mass is 16.5. The number of rotatable bonds is 5. The fourth-order valence-electron chi connectivity index (χ4n) is 6.15. The van der Waals surface area contributed by atoms with E-state index in [2.05, 4.69) is 33.4 Å². The second-order valence-electron chi connectivity index (χ2n) is 10.9. The van der Waals surface area contributed by atoms with Gasteiger partial charge in [-0.3, -0.25) is 9.58 Å². The number of ether oxygens (including phenoxy) is 1. The van der Waals surface area contributed by atoms with Crippen LogP contribution in [0.15, 0.2) is 59.3 Å². The summed E-state index contributed by atoms with van der Waals surface area (Å²) in [5.41, 5.74) is 7.07. The molecule has 2 atom stereocenters. The van der Waals surface area contributed by atoms with E-state index in [4.69, 9.17) is 19.2 Å². The van der Waals surface area contributed by atoms with Crippen molar-refractivity contribution < 1.29 is 14.4 Å². The lowest BCUT2D eigenvalue weighted by molar-refractivity contribution is -0.0155. The first kappa shape index (κ1) is 25.8. The van der Waals surface area contributed by atoms with E-state index in [1.165, 1.54) is 5.56 Å². The van der Waals surface area contributed by atoms with Crippen molar-refractivity contribution in [2.75, 3.05) is 31.2 Å². The van der Waals surface area contributed by atoms with Gasteiger partial charge in [-0.2, -0.15) is 5.10 Å². The van der Waals surface area contributed by atoms with Crippen molar-refractivity contribution in [1.82, 2.24) is 29.8 Å². The maximum absolute atomic E-state index is 11.6. The predicted molar refractivity (Wildman–Crippen MR) is 154 cm³/mol. The van der Waals surface area contributed by atoms with Gasteiger partial charge < -0.3 is 19.3 Å². The van der Waals surface area contributed by atoms with Crippen molar-refractivity contribution in [3.8, 4) is 11.1 Å². The molecular formula is C31H33N7O3. The van der Waals surface area contributed by atoms with E-state index < -0.39 is 6.23 Å². The zero-order valence-corrected chi connectivity index (χ0v) is 23.5. The molecule has 1 N–H and O–H groups in total. The van der Waals surface area contributed by atoms with Gasteiger partial charge in [0, 0.05) is 37.6 Å². The minimum Gasteiger partial charge on any atom is -0.377 e. The molecule has 7 rings (SSSR count). The third kappa shape index (κ3) is 4.57. The molecule has 5 aromatic rings. The van der Waals surface area contributed by atoms with Crippen LogP contribution in [0, 0.1) is 13.8 Å². The molecule has 5 heterocycles. The number of hydrogen-bond acceptors (Lipinski definition) is 9. The third-order valence-electron chi connectivity index (χ3n) is 8.35. The number of aliphatic hydroxyl groups is 1. The molecule has 2 aliphatic heterocycles. The zero-order chi connectivity index (χ0) is 28.1. The van der Waals surface area contributed by atoms with Gasteiger partial charge in [0.05, 0.1) is 42.4 Å². The number of anilines is 1. The molecule has 10 heteroatoms. The van der Waals surface area contributed by atoms with E-state index in [0.717, 1.165) is 57.0 Å². The zero-order valence-electron chi connectivity index (χ0n) is 23.5. The smallest absolute Gasteiger partial charge is 0.175 e. The van der Waals surface area contributed by atoms with Gasteiger partial charge in [0.1, 0.15) is 11.6 Å². The molecule has 0 amide bonds. The molecule has 0 aliphatic carbocycles. The molecular weight excluding hydrogens is 518 g/mol. The monoisotopic (exact) mass is 551 g/mol. The van der Waals surface area contributed by atoms with Crippen LogP contribution in [-0.2, 0) is 24.8 Å². The Labute approximate surface area is 238 Å². The number of hydrogen-bond donors (Lipinski definition) is 1. The summed E-state index contributed by atoms with van der Waals surface area (Å²) in [6, 6.07) is 16.5. The van der Waals surface area contributed by atoms with Crippen molar-refractivity contribution in [2.24, 2.45) is 7.05 Å². The van der Waals surface area contributed by atoms with Crippen molar-refractivity contribution in [3.05, 3.63) is 88.8 Å². The number of aryl methyl sites for hydroxylation is 3. The second-order valence-corrected chi connectivity index (χ2v) is 10.9. The van der Waals surface area contributed by atoms with Crippen LogP contribution >= 0.6 is 0 Å². The van der Waals surface area contributed by atoms with Gasteiger partial charge in [0.2, 0.25) is 0 Å². The lowest BCUT2D eigenvalue weighted by Crippen LogP contribution is -2.41. The summed E-state index contributed by atoms with van der Waals surface area (Å²) < 4.78 is 13.3. The first-order chi connectivity index (χ1) is 20.0. The molecule has 2 aliphatic rings. The minimum atomic E-state index is -0.959. The van der Waals surface area contributed by atoms with Crippen molar-refractivity contribution in [2.45, 2.75) is 39.1 Å². The topological polar surface area (TPSA) is 106 Å². The van der Waals surface area contributed by atoms with Crippen LogP contribution in [-0.4, -0.2) is 61.2 Å². The van der Waals surface area contributed by atoms with Gasteiger partial charge in [-0.1, -0.05) is 41.6 Å². The molecule has 1 saturated heterocycles. The van der Waals surface area contributed by atoms with Crippen LogP contribution in [0.1, 0.15) is 46.4 Å². The maximum Gasteiger partial charge on any atom is 0.175 e. The van der Waals surface area contributed by atoms with E-state index in [0.29, 0.717) is 38.7 Å². The molecule has 1 fully saturated rings. The number of benzene rings is 2. The number of nitrogens with zero attached hydrogens (tertiary/aromatic N) is 7. The average molecular weight is 552 g/mol. The number of fused-ring (bicyclic) bond motifs is 2.